The van der Waals surface area contributed by atoms with Crippen LogP contribution in [0.4, 0.5) is 0 Å². The van der Waals surface area contributed by atoms with Crippen LogP contribution in [0.2, 0.25) is 0 Å². The van der Waals surface area contributed by atoms with Crippen molar-refractivity contribution < 1.29 is 0 Å². The minimum Gasteiger partial charge on any atom is -0.309 e. The van der Waals surface area contributed by atoms with Gasteiger partial charge in [0.2, 0.25) is 0 Å². The molecule has 9 rings (SSSR count). The Morgan fingerprint density at radius 2 is 1.31 bits per heavy atom. The fourth-order valence-corrected chi connectivity index (χ4v) is 8.24. The van der Waals surface area contributed by atoms with Crippen LogP contribution in [0.5, 0.6) is 0 Å². The fourth-order valence-electron chi connectivity index (χ4n) is 7.12. The lowest BCUT2D eigenvalue weighted by molar-refractivity contribution is 0.660. The molecule has 0 spiro atoms. The minimum atomic E-state index is -0.0288. The maximum absolute atomic E-state index is 2.47. The van der Waals surface area contributed by atoms with Crippen LogP contribution in [0.15, 0.2) is 115 Å². The van der Waals surface area contributed by atoms with Gasteiger partial charge in [-0.25, -0.2) is 0 Å². The molecule has 2 aromatic heterocycles. The van der Waals surface area contributed by atoms with Crippen LogP contribution in [0.3, 0.4) is 0 Å². The highest BCUT2D eigenvalue weighted by molar-refractivity contribution is 7.26. The number of aromatic nitrogens is 1. The van der Waals surface area contributed by atoms with Gasteiger partial charge in [-0.05, 0) is 75.5 Å². The van der Waals surface area contributed by atoms with Crippen molar-refractivity contribution in [2.45, 2.75) is 19.3 Å². The smallest absolute Gasteiger partial charge is 0.0547 e. The molecule has 0 radical (unpaired) electrons. The number of hydrogen-bond acceptors (Lipinski definition) is 1. The first kappa shape index (κ1) is 21.5. The standard InChI is InChI=1S/C37H25NS/c1-37(2)30-12-6-3-9-24(30)25-17-16-23(20-31(25)37)38-32-13-7-4-10-26(32)29-21-28-22(19-33(29)38)15-18-35-36(28)27-11-5-8-14-34(27)39-35/h3-21H,1-2H3. The van der Waals surface area contributed by atoms with E-state index in [1.807, 2.05) is 11.3 Å². The van der Waals surface area contributed by atoms with Gasteiger partial charge in [0.1, 0.15) is 0 Å². The van der Waals surface area contributed by atoms with Gasteiger partial charge in [-0.2, -0.15) is 0 Å². The first-order chi connectivity index (χ1) is 19.1. The molecule has 0 N–H and O–H groups in total. The number of nitrogens with zero attached hydrogens (tertiary/aromatic N) is 1. The molecule has 0 unspecified atom stereocenters. The Morgan fingerprint density at radius 1 is 0.538 bits per heavy atom. The van der Waals surface area contributed by atoms with Gasteiger partial charge < -0.3 is 4.57 Å². The number of thiophene rings is 1. The maximum Gasteiger partial charge on any atom is 0.0547 e. The predicted octanol–water partition coefficient (Wildman–Crippen LogP) is 10.6. The van der Waals surface area contributed by atoms with Crippen LogP contribution in [0, 0.1) is 0 Å². The van der Waals surface area contributed by atoms with E-state index in [0.29, 0.717) is 0 Å². The monoisotopic (exact) mass is 515 g/mol. The molecule has 1 aliphatic carbocycles. The third-order valence-corrected chi connectivity index (χ3v) is 10.1. The van der Waals surface area contributed by atoms with Crippen molar-refractivity contribution in [2.75, 3.05) is 0 Å². The van der Waals surface area contributed by atoms with Gasteiger partial charge in [0.05, 0.1) is 11.0 Å². The molecule has 0 amide bonds. The quantitative estimate of drug-likeness (QED) is 0.205. The number of benzene rings is 6. The topological polar surface area (TPSA) is 4.93 Å². The molecule has 1 nitrogen and oxygen atoms in total. The average molecular weight is 516 g/mol. The van der Waals surface area contributed by atoms with Crippen LogP contribution in [-0.2, 0) is 5.41 Å². The van der Waals surface area contributed by atoms with Crippen molar-refractivity contribution >= 4 is 64.1 Å². The van der Waals surface area contributed by atoms with Gasteiger partial charge in [-0.3, -0.25) is 0 Å². The number of rotatable bonds is 1. The Balaban J connectivity index is 1.37. The van der Waals surface area contributed by atoms with Crippen molar-refractivity contribution in [2.24, 2.45) is 0 Å². The zero-order chi connectivity index (χ0) is 25.9. The predicted molar refractivity (Wildman–Crippen MR) is 169 cm³/mol. The number of hydrogen-bond donors (Lipinski definition) is 0. The first-order valence-corrected chi connectivity index (χ1v) is 14.4. The molecule has 0 fully saturated rings. The Kier molecular flexibility index (Phi) is 4.07. The molecule has 0 aliphatic heterocycles. The summed E-state index contributed by atoms with van der Waals surface area (Å²) in [6.07, 6.45) is 0. The molecule has 8 aromatic rings. The molecule has 0 bridgehead atoms. The molecule has 1 aliphatic rings. The minimum absolute atomic E-state index is 0.0288. The maximum atomic E-state index is 2.47. The summed E-state index contributed by atoms with van der Waals surface area (Å²) in [5.74, 6) is 0. The lowest BCUT2D eigenvalue weighted by Crippen LogP contribution is -2.15. The molecule has 0 saturated carbocycles. The third kappa shape index (κ3) is 2.74. The summed E-state index contributed by atoms with van der Waals surface area (Å²) in [5, 5.41) is 7.97. The van der Waals surface area contributed by atoms with E-state index >= 15 is 0 Å². The van der Waals surface area contributed by atoms with E-state index in [-0.39, 0.29) is 5.41 Å². The molecule has 0 saturated heterocycles. The van der Waals surface area contributed by atoms with Crippen LogP contribution in [-0.4, -0.2) is 4.57 Å². The summed E-state index contributed by atoms with van der Waals surface area (Å²) in [6.45, 7) is 4.72. The average Bonchev–Trinajstić information content (AvgIpc) is 3.58. The van der Waals surface area contributed by atoms with Gasteiger partial charge in [-0.1, -0.05) is 86.6 Å². The zero-order valence-corrected chi connectivity index (χ0v) is 22.6. The zero-order valence-electron chi connectivity index (χ0n) is 21.8. The summed E-state index contributed by atoms with van der Waals surface area (Å²) in [6, 6.07) is 43.1. The largest absolute Gasteiger partial charge is 0.309 e. The second-order valence-corrected chi connectivity index (χ2v) is 12.5. The molecule has 39 heavy (non-hydrogen) atoms. The summed E-state index contributed by atoms with van der Waals surface area (Å²) < 4.78 is 5.18. The van der Waals surface area contributed by atoms with Crippen LogP contribution >= 0.6 is 11.3 Å². The van der Waals surface area contributed by atoms with E-state index in [1.54, 1.807) is 0 Å². The van der Waals surface area contributed by atoms with Crippen molar-refractivity contribution in [3.63, 3.8) is 0 Å². The number of para-hydroxylation sites is 1. The summed E-state index contributed by atoms with van der Waals surface area (Å²) in [7, 11) is 0. The number of fused-ring (bicyclic) bond motifs is 11. The van der Waals surface area contributed by atoms with E-state index < -0.39 is 0 Å². The van der Waals surface area contributed by atoms with Gasteiger partial charge in [0.15, 0.2) is 0 Å². The van der Waals surface area contributed by atoms with Gasteiger partial charge in [0, 0.05) is 42.0 Å². The van der Waals surface area contributed by atoms with Crippen molar-refractivity contribution in [3.8, 4) is 16.8 Å². The second kappa shape index (κ2) is 7.37. The molecule has 0 atom stereocenters. The van der Waals surface area contributed by atoms with E-state index in [2.05, 4.69) is 134 Å². The first-order valence-electron chi connectivity index (χ1n) is 13.6. The highest BCUT2D eigenvalue weighted by Gasteiger charge is 2.35. The summed E-state index contributed by atoms with van der Waals surface area (Å²) >= 11 is 1.89. The van der Waals surface area contributed by atoms with Gasteiger partial charge in [0.25, 0.3) is 0 Å². The van der Waals surface area contributed by atoms with Crippen LogP contribution in [0.25, 0.3) is 69.6 Å². The second-order valence-electron chi connectivity index (χ2n) is 11.4. The lowest BCUT2D eigenvalue weighted by Gasteiger charge is -2.22. The lowest BCUT2D eigenvalue weighted by atomic mass is 9.82. The summed E-state index contributed by atoms with van der Waals surface area (Å²) in [4.78, 5) is 0. The molecule has 2 heterocycles. The van der Waals surface area contributed by atoms with E-state index in [4.69, 9.17) is 0 Å². The highest BCUT2D eigenvalue weighted by Crippen LogP contribution is 2.49. The van der Waals surface area contributed by atoms with Crippen LogP contribution < -0.4 is 0 Å². The Morgan fingerprint density at radius 3 is 2.23 bits per heavy atom. The Bertz CT molecular complexity index is 2310. The third-order valence-electron chi connectivity index (χ3n) is 8.98. The molecular weight excluding hydrogens is 490 g/mol. The molecular formula is C37H25NS. The molecule has 2 heteroatoms. The molecule has 6 aromatic carbocycles. The Hall–Kier alpha value is -4.40. The van der Waals surface area contributed by atoms with Gasteiger partial charge in [-0.15, -0.1) is 11.3 Å². The SMILES string of the molecule is CC1(C)c2ccccc2-c2ccc(-n3c4ccccc4c4cc5c(ccc6sc7ccccc7c65)cc43)cc21. The Labute approximate surface area is 230 Å². The van der Waals surface area contributed by atoms with Crippen molar-refractivity contribution in [1.29, 1.82) is 0 Å². The molecule has 184 valence electrons. The van der Waals surface area contributed by atoms with E-state index in [9.17, 15) is 0 Å². The summed E-state index contributed by atoms with van der Waals surface area (Å²) in [5.41, 5.74) is 9.25. The van der Waals surface area contributed by atoms with Crippen molar-refractivity contribution in [3.05, 3.63) is 126 Å². The highest BCUT2D eigenvalue weighted by atomic mass is 32.1. The normalized spacial score (nSPS) is 14.1. The van der Waals surface area contributed by atoms with Gasteiger partial charge >= 0.3 is 0 Å². The fraction of sp³-hybridized carbons (Fsp3) is 0.0811. The van der Waals surface area contributed by atoms with Crippen molar-refractivity contribution in [1.82, 2.24) is 4.57 Å². The van der Waals surface area contributed by atoms with E-state index in [1.165, 1.54) is 80.7 Å². The van der Waals surface area contributed by atoms with Crippen LogP contribution in [0.1, 0.15) is 25.0 Å². The van der Waals surface area contributed by atoms with E-state index in [0.717, 1.165) is 0 Å².